The Kier molecular flexibility index (Phi) is 10.0. The Morgan fingerprint density at radius 3 is 2.17 bits per heavy atom. The Balaban J connectivity index is 1.70. The molecule has 0 aliphatic carbocycles. The smallest absolute Gasteiger partial charge is 0.344 e. The molecular weight excluding hydrogens is 580 g/mol. The molecule has 15 heteroatoms. The number of ether oxygens (including phenoxy) is 4. The van der Waals surface area contributed by atoms with E-state index in [2.05, 4.69) is 4.72 Å². The molecule has 0 bridgehead atoms. The van der Waals surface area contributed by atoms with Gasteiger partial charge in [0.25, 0.3) is 10.0 Å². The molecule has 3 aromatic carbocycles. The summed E-state index contributed by atoms with van der Waals surface area (Å²) < 4.78 is 73.7. The number of sulfonamides is 1. The van der Waals surface area contributed by atoms with E-state index in [0.717, 1.165) is 23.8 Å². The van der Waals surface area contributed by atoms with Crippen molar-refractivity contribution < 1.29 is 50.5 Å². The van der Waals surface area contributed by atoms with E-state index in [0.29, 0.717) is 5.75 Å². The summed E-state index contributed by atoms with van der Waals surface area (Å²) in [4.78, 5) is 23.0. The predicted molar refractivity (Wildman–Crippen MR) is 147 cm³/mol. The molecule has 0 saturated carbocycles. The fraction of sp³-hybridized carbons (Fsp3) is 0.231. The molecule has 0 aliphatic heterocycles. The standard InChI is InChI=1S/C26H28N2O11S2/c1-17-3-6-19(7-4-17)40(32,33)12-11-37-26(31)16-39-24-14-20(8-10-23(24)38-15-25(29)30)41(34,35)28-22-9-5-18(36-2)13-21(22)27/h3-10,13-14,28H,11-12,15-16,27H2,1-2H3,(H,29,30). The second kappa shape index (κ2) is 13.2. The minimum absolute atomic E-state index is 0.0728. The van der Waals surface area contributed by atoms with Crippen LogP contribution in [-0.4, -0.2) is 66.6 Å². The molecule has 0 unspecified atom stereocenters. The van der Waals surface area contributed by atoms with Crippen LogP contribution >= 0.6 is 0 Å². The van der Waals surface area contributed by atoms with Crippen LogP contribution in [0.1, 0.15) is 5.56 Å². The molecule has 220 valence electrons. The number of nitrogens with two attached hydrogens (primary N) is 1. The maximum absolute atomic E-state index is 13.0. The summed E-state index contributed by atoms with van der Waals surface area (Å²) in [6.07, 6.45) is 0. The minimum Gasteiger partial charge on any atom is -0.497 e. The first-order chi connectivity index (χ1) is 19.3. The van der Waals surface area contributed by atoms with Gasteiger partial charge in [0.1, 0.15) is 12.4 Å². The molecule has 0 radical (unpaired) electrons. The van der Waals surface area contributed by atoms with E-state index in [1.165, 1.54) is 37.4 Å². The number of nitrogens with one attached hydrogen (secondary N) is 1. The van der Waals surface area contributed by atoms with Crippen LogP contribution in [0.5, 0.6) is 17.2 Å². The van der Waals surface area contributed by atoms with Gasteiger partial charge < -0.3 is 29.8 Å². The van der Waals surface area contributed by atoms with E-state index in [-0.39, 0.29) is 32.7 Å². The van der Waals surface area contributed by atoms with Crippen LogP contribution in [0.3, 0.4) is 0 Å². The lowest BCUT2D eigenvalue weighted by Crippen LogP contribution is -2.20. The number of aryl methyl sites for hydroxylation is 1. The number of anilines is 2. The largest absolute Gasteiger partial charge is 0.497 e. The van der Waals surface area contributed by atoms with Gasteiger partial charge in [-0.25, -0.2) is 26.4 Å². The molecule has 41 heavy (non-hydrogen) atoms. The summed E-state index contributed by atoms with van der Waals surface area (Å²) in [7, 11) is -6.50. The summed E-state index contributed by atoms with van der Waals surface area (Å²) in [5.41, 5.74) is 6.95. The third-order valence-corrected chi connectivity index (χ3v) is 8.48. The number of carbonyl (C=O) groups excluding carboxylic acids is 1. The minimum atomic E-state index is -4.23. The van der Waals surface area contributed by atoms with Crippen LogP contribution in [0.2, 0.25) is 0 Å². The van der Waals surface area contributed by atoms with Gasteiger partial charge >= 0.3 is 11.9 Å². The van der Waals surface area contributed by atoms with Gasteiger partial charge in [0.2, 0.25) is 0 Å². The van der Waals surface area contributed by atoms with Crippen molar-refractivity contribution in [3.8, 4) is 17.2 Å². The van der Waals surface area contributed by atoms with Gasteiger partial charge in [-0.3, -0.25) is 4.72 Å². The fourth-order valence-corrected chi connectivity index (χ4v) is 5.49. The topological polar surface area (TPSA) is 198 Å². The van der Waals surface area contributed by atoms with Crippen LogP contribution in [0.15, 0.2) is 70.5 Å². The van der Waals surface area contributed by atoms with Crippen molar-refractivity contribution in [2.24, 2.45) is 0 Å². The second-order valence-corrected chi connectivity index (χ2v) is 12.3. The van der Waals surface area contributed by atoms with Crippen molar-refractivity contribution >= 4 is 43.2 Å². The molecule has 0 fully saturated rings. The van der Waals surface area contributed by atoms with E-state index in [1.807, 2.05) is 6.92 Å². The van der Waals surface area contributed by atoms with Crippen molar-refractivity contribution in [2.45, 2.75) is 16.7 Å². The number of carboxylic acid groups (broad SMARTS) is 1. The summed E-state index contributed by atoms with van der Waals surface area (Å²) in [5.74, 6) is -2.75. The summed E-state index contributed by atoms with van der Waals surface area (Å²) in [5, 5.41) is 8.94. The van der Waals surface area contributed by atoms with Gasteiger partial charge in [-0.1, -0.05) is 17.7 Å². The summed E-state index contributed by atoms with van der Waals surface area (Å²) in [6, 6.07) is 13.8. The molecule has 0 aliphatic rings. The number of esters is 1. The average molecular weight is 609 g/mol. The van der Waals surface area contributed by atoms with E-state index in [1.54, 1.807) is 12.1 Å². The van der Waals surface area contributed by atoms with E-state index >= 15 is 0 Å². The zero-order valence-corrected chi connectivity index (χ0v) is 23.7. The lowest BCUT2D eigenvalue weighted by Gasteiger charge is -2.15. The van der Waals surface area contributed by atoms with Gasteiger partial charge in [-0.2, -0.15) is 0 Å². The van der Waals surface area contributed by atoms with Crippen LogP contribution in [0.4, 0.5) is 11.4 Å². The molecule has 0 aromatic heterocycles. The monoisotopic (exact) mass is 608 g/mol. The van der Waals surface area contributed by atoms with Gasteiger partial charge in [0.05, 0.1) is 34.0 Å². The van der Waals surface area contributed by atoms with Crippen molar-refractivity contribution in [2.75, 3.05) is 43.1 Å². The Morgan fingerprint density at radius 1 is 0.878 bits per heavy atom. The van der Waals surface area contributed by atoms with Gasteiger partial charge in [0.15, 0.2) is 34.6 Å². The number of rotatable bonds is 14. The number of methoxy groups -OCH3 is 1. The number of nitrogen functional groups attached to an aromatic ring is 1. The molecule has 0 heterocycles. The maximum Gasteiger partial charge on any atom is 0.344 e. The highest BCUT2D eigenvalue weighted by Crippen LogP contribution is 2.32. The Labute approximate surface area is 236 Å². The quantitative estimate of drug-likeness (QED) is 0.178. The van der Waals surface area contributed by atoms with E-state index in [9.17, 15) is 26.4 Å². The zero-order valence-electron chi connectivity index (χ0n) is 22.0. The van der Waals surface area contributed by atoms with Gasteiger partial charge in [0, 0.05) is 12.1 Å². The van der Waals surface area contributed by atoms with Crippen molar-refractivity contribution in [1.29, 1.82) is 0 Å². The van der Waals surface area contributed by atoms with Gasteiger partial charge in [-0.05, 0) is 43.3 Å². The number of benzene rings is 3. The molecule has 13 nitrogen and oxygen atoms in total. The molecule has 3 rings (SSSR count). The molecule has 3 aromatic rings. The first kappa shape index (κ1) is 31.0. The van der Waals surface area contributed by atoms with E-state index < -0.39 is 57.4 Å². The van der Waals surface area contributed by atoms with E-state index in [4.69, 9.17) is 29.8 Å². The normalized spacial score (nSPS) is 11.4. The number of carbonyl (C=O) groups is 2. The first-order valence-electron chi connectivity index (χ1n) is 11.8. The molecule has 0 atom stereocenters. The van der Waals surface area contributed by atoms with Crippen molar-refractivity contribution in [1.82, 2.24) is 0 Å². The number of carboxylic acids is 1. The Bertz CT molecular complexity index is 1620. The third-order valence-electron chi connectivity index (χ3n) is 5.42. The highest BCUT2D eigenvalue weighted by molar-refractivity contribution is 7.92. The molecular formula is C26H28N2O11S2. The summed E-state index contributed by atoms with van der Waals surface area (Å²) in [6.45, 7) is -0.169. The average Bonchev–Trinajstić information content (AvgIpc) is 2.92. The first-order valence-corrected chi connectivity index (χ1v) is 15.0. The molecule has 0 saturated heterocycles. The fourth-order valence-electron chi connectivity index (χ4n) is 3.30. The summed E-state index contributed by atoms with van der Waals surface area (Å²) >= 11 is 0. The number of sulfone groups is 1. The second-order valence-electron chi connectivity index (χ2n) is 8.49. The predicted octanol–water partition coefficient (Wildman–Crippen LogP) is 2.25. The van der Waals surface area contributed by atoms with Crippen LogP contribution in [-0.2, 0) is 34.2 Å². The number of hydrogen-bond donors (Lipinski definition) is 3. The number of aliphatic carboxylic acids is 1. The SMILES string of the molecule is COc1ccc(NS(=O)(=O)c2ccc(OCC(=O)O)c(OCC(=O)OCCS(=O)(=O)c3ccc(C)cc3)c2)c(N)c1. The lowest BCUT2D eigenvalue weighted by molar-refractivity contribution is -0.145. The molecule has 0 amide bonds. The van der Waals surface area contributed by atoms with Crippen molar-refractivity contribution in [3.05, 3.63) is 66.2 Å². The number of hydrogen-bond acceptors (Lipinski definition) is 11. The van der Waals surface area contributed by atoms with Gasteiger partial charge in [-0.15, -0.1) is 0 Å². The third kappa shape index (κ3) is 8.74. The molecule has 0 spiro atoms. The van der Waals surface area contributed by atoms with Crippen LogP contribution in [0.25, 0.3) is 0 Å². The zero-order chi connectivity index (χ0) is 30.2. The van der Waals surface area contributed by atoms with Crippen LogP contribution in [0, 0.1) is 6.92 Å². The molecule has 4 N–H and O–H groups in total. The lowest BCUT2D eigenvalue weighted by atomic mass is 10.2. The Morgan fingerprint density at radius 2 is 1.54 bits per heavy atom. The maximum atomic E-state index is 13.0. The van der Waals surface area contributed by atoms with Crippen molar-refractivity contribution in [3.63, 3.8) is 0 Å². The highest BCUT2D eigenvalue weighted by Gasteiger charge is 2.21. The van der Waals surface area contributed by atoms with Crippen LogP contribution < -0.4 is 24.7 Å². The highest BCUT2D eigenvalue weighted by atomic mass is 32.2. The Hall–Kier alpha value is -4.50.